The molecule has 0 bridgehead atoms. The van der Waals surface area contributed by atoms with Crippen LogP contribution in [0, 0.1) is 6.92 Å². The molecule has 8 heteroatoms. The molecule has 0 aliphatic heterocycles. The highest BCUT2D eigenvalue weighted by Crippen LogP contribution is 2.24. The van der Waals surface area contributed by atoms with Gasteiger partial charge in [-0.1, -0.05) is 12.8 Å². The van der Waals surface area contributed by atoms with Crippen LogP contribution in [0.5, 0.6) is 0 Å². The van der Waals surface area contributed by atoms with Gasteiger partial charge in [0, 0.05) is 20.2 Å². The monoisotopic (exact) mass is 396 g/mol. The van der Waals surface area contributed by atoms with Crippen LogP contribution in [0.2, 0.25) is 0 Å². The van der Waals surface area contributed by atoms with Crippen molar-refractivity contribution in [3.8, 4) is 0 Å². The van der Waals surface area contributed by atoms with Crippen LogP contribution in [0.15, 0.2) is 4.99 Å². The summed E-state index contributed by atoms with van der Waals surface area (Å²) < 4.78 is 11.0. The van der Waals surface area contributed by atoms with Gasteiger partial charge in [0.1, 0.15) is 9.88 Å². The quantitative estimate of drug-likeness (QED) is 0.289. The fourth-order valence-electron chi connectivity index (χ4n) is 3.03. The minimum atomic E-state index is -0.310. The molecule has 1 fully saturated rings. The average Bonchev–Trinajstić information content (AvgIpc) is 3.30. The number of esters is 1. The summed E-state index contributed by atoms with van der Waals surface area (Å²) in [6, 6.07) is -0.0576. The number of thiazole rings is 1. The Bertz CT molecular complexity index is 626. The van der Waals surface area contributed by atoms with E-state index in [0.717, 1.165) is 24.6 Å². The molecular formula is C19H32N4O3S. The number of aliphatic imine (C=N–C) groups is 1. The molecule has 1 aliphatic rings. The summed E-state index contributed by atoms with van der Waals surface area (Å²) in [7, 11) is 1.74. The molecule has 1 unspecified atom stereocenters. The van der Waals surface area contributed by atoms with Crippen molar-refractivity contribution in [1.82, 2.24) is 15.6 Å². The lowest BCUT2D eigenvalue weighted by Crippen LogP contribution is -2.39. The first-order valence-corrected chi connectivity index (χ1v) is 10.6. The van der Waals surface area contributed by atoms with Crippen LogP contribution in [0.1, 0.15) is 72.4 Å². The molecule has 27 heavy (non-hydrogen) atoms. The van der Waals surface area contributed by atoms with Crippen molar-refractivity contribution >= 4 is 23.3 Å². The number of nitrogens with zero attached hydrogens (tertiary/aromatic N) is 2. The van der Waals surface area contributed by atoms with Crippen molar-refractivity contribution in [2.24, 2.45) is 4.99 Å². The third kappa shape index (κ3) is 6.77. The molecule has 1 aromatic rings. The van der Waals surface area contributed by atoms with Crippen molar-refractivity contribution in [2.45, 2.75) is 65.0 Å². The van der Waals surface area contributed by atoms with Gasteiger partial charge in [-0.2, -0.15) is 0 Å². The molecule has 152 valence electrons. The first-order valence-electron chi connectivity index (χ1n) is 9.78. The van der Waals surface area contributed by atoms with Gasteiger partial charge in [-0.25, -0.2) is 9.78 Å². The highest BCUT2D eigenvalue weighted by atomic mass is 32.1. The lowest BCUT2D eigenvalue weighted by atomic mass is 10.3. The van der Waals surface area contributed by atoms with Gasteiger partial charge in [-0.15, -0.1) is 11.3 Å². The minimum Gasteiger partial charge on any atom is -0.462 e. The van der Waals surface area contributed by atoms with Crippen LogP contribution in [-0.2, 0) is 9.47 Å². The maximum atomic E-state index is 12.0. The van der Waals surface area contributed by atoms with Crippen molar-refractivity contribution in [3.63, 3.8) is 0 Å². The smallest absolute Gasteiger partial charge is 0.350 e. The van der Waals surface area contributed by atoms with Crippen LogP contribution in [0.4, 0.5) is 0 Å². The van der Waals surface area contributed by atoms with E-state index in [1.807, 2.05) is 13.8 Å². The Morgan fingerprint density at radius 2 is 2.15 bits per heavy atom. The Kier molecular flexibility index (Phi) is 9.00. The number of guanidine groups is 1. The second kappa shape index (κ2) is 11.2. The van der Waals surface area contributed by atoms with E-state index in [9.17, 15) is 4.79 Å². The molecule has 2 rings (SSSR count). The lowest BCUT2D eigenvalue weighted by Gasteiger charge is -2.16. The van der Waals surface area contributed by atoms with Gasteiger partial charge < -0.3 is 20.1 Å². The number of aromatic nitrogens is 1. The Hall–Kier alpha value is -1.67. The Balaban J connectivity index is 1.76. The molecule has 1 aliphatic carbocycles. The zero-order chi connectivity index (χ0) is 19.6. The second-order valence-electron chi connectivity index (χ2n) is 6.68. The maximum Gasteiger partial charge on any atom is 0.350 e. The summed E-state index contributed by atoms with van der Waals surface area (Å²) >= 11 is 1.36. The second-order valence-corrected chi connectivity index (χ2v) is 7.71. The minimum absolute atomic E-state index is 0.0576. The van der Waals surface area contributed by atoms with Crippen molar-refractivity contribution in [2.75, 3.05) is 26.8 Å². The highest BCUT2D eigenvalue weighted by Gasteiger charge is 2.20. The molecule has 1 aromatic heterocycles. The van der Waals surface area contributed by atoms with E-state index in [0.29, 0.717) is 29.2 Å². The first-order chi connectivity index (χ1) is 13.0. The van der Waals surface area contributed by atoms with E-state index in [4.69, 9.17) is 9.47 Å². The van der Waals surface area contributed by atoms with E-state index in [1.54, 1.807) is 14.0 Å². The molecule has 2 N–H and O–H groups in total. The number of carbonyl (C=O) groups excluding carboxylic acids is 1. The van der Waals surface area contributed by atoms with Crippen LogP contribution in [0.3, 0.4) is 0 Å². The standard InChI is InChI=1S/C19H32N4O3S/c1-5-25-18(24)16-13(2)22-17(27-16)14(3)23-19(20-4)21-11-8-12-26-15-9-6-7-10-15/h14-15H,5-12H2,1-4H3,(H2,20,21,23). The topological polar surface area (TPSA) is 84.8 Å². The number of aryl methyl sites for hydroxylation is 1. The van der Waals surface area contributed by atoms with Gasteiger partial charge in [0.2, 0.25) is 0 Å². The molecule has 1 atom stereocenters. The fourth-order valence-corrected chi connectivity index (χ4v) is 4.00. The SMILES string of the molecule is CCOC(=O)c1sc(C(C)NC(=NC)NCCCOC2CCCC2)nc1C. The van der Waals surface area contributed by atoms with Crippen LogP contribution in [-0.4, -0.2) is 49.8 Å². The van der Waals surface area contributed by atoms with Gasteiger partial charge in [0.15, 0.2) is 5.96 Å². The molecule has 7 nitrogen and oxygen atoms in total. The summed E-state index contributed by atoms with van der Waals surface area (Å²) in [4.78, 5) is 21.3. The Labute approximate surface area is 166 Å². The van der Waals surface area contributed by atoms with E-state index >= 15 is 0 Å². The predicted octanol–water partition coefficient (Wildman–Crippen LogP) is 3.20. The van der Waals surface area contributed by atoms with Crippen LogP contribution < -0.4 is 10.6 Å². The third-order valence-corrected chi connectivity index (χ3v) is 5.81. The number of hydrogen-bond donors (Lipinski definition) is 2. The number of ether oxygens (including phenoxy) is 2. The van der Waals surface area contributed by atoms with Gasteiger partial charge in [-0.05, 0) is 40.0 Å². The number of hydrogen-bond acceptors (Lipinski definition) is 6. The molecular weight excluding hydrogens is 364 g/mol. The van der Waals surface area contributed by atoms with Crippen molar-refractivity contribution in [3.05, 3.63) is 15.6 Å². The fraction of sp³-hybridized carbons (Fsp3) is 0.737. The van der Waals surface area contributed by atoms with Crippen molar-refractivity contribution < 1.29 is 14.3 Å². The van der Waals surface area contributed by atoms with Gasteiger partial charge in [-0.3, -0.25) is 4.99 Å². The Morgan fingerprint density at radius 3 is 2.81 bits per heavy atom. The molecule has 0 aromatic carbocycles. The van der Waals surface area contributed by atoms with Crippen LogP contribution >= 0.6 is 11.3 Å². The van der Waals surface area contributed by atoms with Gasteiger partial charge in [0.25, 0.3) is 0 Å². The predicted molar refractivity (Wildman–Crippen MR) is 109 cm³/mol. The molecule has 0 spiro atoms. The van der Waals surface area contributed by atoms with E-state index < -0.39 is 0 Å². The first kappa shape index (κ1) is 21.6. The number of nitrogens with one attached hydrogen (secondary N) is 2. The van der Waals surface area contributed by atoms with E-state index in [-0.39, 0.29) is 12.0 Å². The average molecular weight is 397 g/mol. The Morgan fingerprint density at radius 1 is 1.41 bits per heavy atom. The molecule has 1 saturated carbocycles. The zero-order valence-electron chi connectivity index (χ0n) is 16.8. The summed E-state index contributed by atoms with van der Waals surface area (Å²) in [5.41, 5.74) is 0.703. The molecule has 0 saturated heterocycles. The maximum absolute atomic E-state index is 12.0. The summed E-state index contributed by atoms with van der Waals surface area (Å²) in [5, 5.41) is 7.46. The number of rotatable bonds is 9. The van der Waals surface area contributed by atoms with Gasteiger partial charge >= 0.3 is 5.97 Å². The largest absolute Gasteiger partial charge is 0.462 e. The number of carbonyl (C=O) groups is 1. The summed E-state index contributed by atoms with van der Waals surface area (Å²) in [6.07, 6.45) is 6.40. The lowest BCUT2D eigenvalue weighted by molar-refractivity contribution is 0.0530. The summed E-state index contributed by atoms with van der Waals surface area (Å²) in [6.45, 7) is 7.57. The summed E-state index contributed by atoms with van der Waals surface area (Å²) in [5.74, 6) is 0.407. The van der Waals surface area contributed by atoms with Gasteiger partial charge in [0.05, 0.1) is 24.4 Å². The highest BCUT2D eigenvalue weighted by molar-refractivity contribution is 7.13. The molecule has 0 amide bonds. The molecule has 1 heterocycles. The normalized spacial score (nSPS) is 16.4. The zero-order valence-corrected chi connectivity index (χ0v) is 17.7. The van der Waals surface area contributed by atoms with E-state index in [2.05, 4.69) is 20.6 Å². The molecule has 0 radical (unpaired) electrons. The third-order valence-electron chi connectivity index (χ3n) is 4.49. The van der Waals surface area contributed by atoms with Crippen molar-refractivity contribution in [1.29, 1.82) is 0 Å². The van der Waals surface area contributed by atoms with E-state index in [1.165, 1.54) is 37.0 Å². The van der Waals surface area contributed by atoms with Crippen LogP contribution in [0.25, 0.3) is 0 Å².